The molecule has 0 aromatic carbocycles. The van der Waals surface area contributed by atoms with E-state index < -0.39 is 0 Å². The lowest BCUT2D eigenvalue weighted by atomic mass is 9.99. The van der Waals surface area contributed by atoms with Crippen LogP contribution in [0.4, 0.5) is 5.82 Å². The second-order valence-corrected chi connectivity index (χ2v) is 5.18. The van der Waals surface area contributed by atoms with Gasteiger partial charge in [-0.2, -0.15) is 5.10 Å². The van der Waals surface area contributed by atoms with E-state index in [1.165, 1.54) is 4.40 Å². The van der Waals surface area contributed by atoms with Gasteiger partial charge in [0.1, 0.15) is 11.6 Å². The van der Waals surface area contributed by atoms with Gasteiger partial charge in [-0.25, -0.2) is 19.3 Å². The minimum atomic E-state index is -0.288. The Bertz CT molecular complexity index is 654. The van der Waals surface area contributed by atoms with Crippen molar-refractivity contribution in [3.8, 4) is 0 Å². The number of aliphatic hydroxyl groups excluding tert-OH is 1. The third-order valence-electron chi connectivity index (χ3n) is 3.83. The van der Waals surface area contributed by atoms with Crippen molar-refractivity contribution in [2.75, 3.05) is 11.9 Å². The average molecular weight is 263 g/mol. The number of fused-ring (bicyclic) bond motifs is 1. The lowest BCUT2D eigenvalue weighted by molar-refractivity contribution is 0.214. The summed E-state index contributed by atoms with van der Waals surface area (Å²) in [5.74, 6) is 1.23. The van der Waals surface area contributed by atoms with Crippen molar-refractivity contribution >= 4 is 11.5 Å². The Kier molecular flexibility index (Phi) is 2.78. The Morgan fingerprint density at radius 3 is 2.95 bits per heavy atom. The molecular weight excluding hydrogens is 246 g/mol. The summed E-state index contributed by atoms with van der Waals surface area (Å²) in [4.78, 5) is 15.9. The summed E-state index contributed by atoms with van der Waals surface area (Å²) in [7, 11) is 0. The molecule has 1 fully saturated rings. The summed E-state index contributed by atoms with van der Waals surface area (Å²) in [5.41, 5.74) is -0.0376. The molecule has 1 aliphatic rings. The molecule has 102 valence electrons. The fourth-order valence-corrected chi connectivity index (χ4v) is 2.81. The number of hydrogen-bond acceptors (Lipinski definition) is 5. The van der Waals surface area contributed by atoms with Gasteiger partial charge in [0.05, 0.1) is 12.1 Å². The van der Waals surface area contributed by atoms with Crippen LogP contribution in [-0.2, 0) is 0 Å². The van der Waals surface area contributed by atoms with Gasteiger partial charge in [-0.1, -0.05) is 12.8 Å². The first-order valence-electron chi connectivity index (χ1n) is 6.47. The summed E-state index contributed by atoms with van der Waals surface area (Å²) in [6.07, 6.45) is 4.08. The van der Waals surface area contributed by atoms with E-state index in [2.05, 4.69) is 20.5 Å². The van der Waals surface area contributed by atoms with Crippen molar-refractivity contribution in [1.82, 2.24) is 19.6 Å². The predicted octanol–water partition coefficient (Wildman–Crippen LogP) is 0.443. The van der Waals surface area contributed by atoms with Gasteiger partial charge in [-0.15, -0.1) is 0 Å². The summed E-state index contributed by atoms with van der Waals surface area (Å²) >= 11 is 0. The molecule has 2 aromatic rings. The van der Waals surface area contributed by atoms with Crippen molar-refractivity contribution in [2.24, 2.45) is 0 Å². The average Bonchev–Trinajstić information content (AvgIpc) is 2.98. The first kappa shape index (κ1) is 12.2. The van der Waals surface area contributed by atoms with Crippen LogP contribution >= 0.6 is 0 Å². The number of anilines is 1. The molecule has 0 radical (unpaired) electrons. The molecule has 0 aliphatic heterocycles. The Labute approximate surface area is 109 Å². The molecule has 3 N–H and O–H groups in total. The Hall–Kier alpha value is -1.89. The van der Waals surface area contributed by atoms with Crippen LogP contribution in [0, 0.1) is 6.92 Å². The van der Waals surface area contributed by atoms with E-state index in [9.17, 15) is 9.90 Å². The predicted molar refractivity (Wildman–Crippen MR) is 70.3 cm³/mol. The van der Waals surface area contributed by atoms with E-state index in [4.69, 9.17) is 0 Å². The van der Waals surface area contributed by atoms with Crippen LogP contribution in [0.5, 0.6) is 0 Å². The highest BCUT2D eigenvalue weighted by atomic mass is 16.3. The molecule has 1 aliphatic carbocycles. The zero-order valence-electron chi connectivity index (χ0n) is 10.8. The van der Waals surface area contributed by atoms with E-state index in [0.717, 1.165) is 25.7 Å². The van der Waals surface area contributed by atoms with Gasteiger partial charge >= 0.3 is 5.69 Å². The highest BCUT2D eigenvalue weighted by molar-refractivity contribution is 5.51. The number of nitrogens with zero attached hydrogens (tertiary/aromatic N) is 3. The fraction of sp³-hybridized carbons (Fsp3) is 0.583. The highest BCUT2D eigenvalue weighted by Crippen LogP contribution is 2.32. The van der Waals surface area contributed by atoms with Crippen molar-refractivity contribution in [1.29, 1.82) is 0 Å². The zero-order chi connectivity index (χ0) is 13.5. The van der Waals surface area contributed by atoms with Gasteiger partial charge < -0.3 is 10.4 Å². The van der Waals surface area contributed by atoms with E-state index >= 15 is 0 Å². The van der Waals surface area contributed by atoms with Gasteiger partial charge in [0.2, 0.25) is 0 Å². The quantitative estimate of drug-likeness (QED) is 0.747. The number of hydrogen-bond donors (Lipinski definition) is 3. The summed E-state index contributed by atoms with van der Waals surface area (Å²) < 4.78 is 1.42. The van der Waals surface area contributed by atoms with Gasteiger partial charge in [0.15, 0.2) is 5.65 Å². The molecule has 0 unspecified atom stereocenters. The van der Waals surface area contributed by atoms with Gasteiger partial charge in [-0.3, -0.25) is 0 Å². The van der Waals surface area contributed by atoms with Gasteiger partial charge in [0, 0.05) is 6.07 Å². The maximum Gasteiger partial charge on any atom is 0.349 e. The Balaban J connectivity index is 1.99. The molecule has 0 atom stereocenters. The highest BCUT2D eigenvalue weighted by Gasteiger charge is 2.33. The second-order valence-electron chi connectivity index (χ2n) is 5.18. The third-order valence-corrected chi connectivity index (χ3v) is 3.83. The lowest BCUT2D eigenvalue weighted by Gasteiger charge is -2.28. The SMILES string of the molecule is Cc1nc(NC2(CO)CCCC2)cc2n[nH]c(=O)n12. The van der Waals surface area contributed by atoms with E-state index in [1.807, 2.05) is 0 Å². The molecule has 0 amide bonds. The zero-order valence-corrected chi connectivity index (χ0v) is 10.8. The fourth-order valence-electron chi connectivity index (χ4n) is 2.81. The minimum Gasteiger partial charge on any atom is -0.394 e. The van der Waals surface area contributed by atoms with Crippen LogP contribution in [-0.4, -0.2) is 36.8 Å². The molecule has 19 heavy (non-hydrogen) atoms. The van der Waals surface area contributed by atoms with E-state index in [0.29, 0.717) is 17.3 Å². The molecule has 0 saturated heterocycles. The number of rotatable bonds is 3. The molecule has 1 saturated carbocycles. The molecule has 7 nitrogen and oxygen atoms in total. The molecule has 2 heterocycles. The van der Waals surface area contributed by atoms with Crippen LogP contribution in [0.2, 0.25) is 0 Å². The van der Waals surface area contributed by atoms with Crippen LogP contribution < -0.4 is 11.0 Å². The Morgan fingerprint density at radius 2 is 2.26 bits per heavy atom. The Morgan fingerprint density at radius 1 is 1.53 bits per heavy atom. The third kappa shape index (κ3) is 1.99. The van der Waals surface area contributed by atoms with Gasteiger partial charge in [0.25, 0.3) is 0 Å². The lowest BCUT2D eigenvalue weighted by Crippen LogP contribution is -2.39. The number of H-pyrrole nitrogens is 1. The maximum atomic E-state index is 11.5. The van der Waals surface area contributed by atoms with E-state index in [1.54, 1.807) is 13.0 Å². The van der Waals surface area contributed by atoms with Crippen molar-refractivity contribution in [3.63, 3.8) is 0 Å². The molecule has 0 spiro atoms. The second kappa shape index (κ2) is 4.34. The summed E-state index contributed by atoms with van der Waals surface area (Å²) in [6.45, 7) is 1.85. The molecular formula is C12H17N5O2. The maximum absolute atomic E-state index is 11.5. The van der Waals surface area contributed by atoms with E-state index in [-0.39, 0.29) is 17.8 Å². The smallest absolute Gasteiger partial charge is 0.349 e. The monoisotopic (exact) mass is 263 g/mol. The van der Waals surface area contributed by atoms with Crippen LogP contribution in [0.25, 0.3) is 5.65 Å². The molecule has 0 bridgehead atoms. The van der Waals surface area contributed by atoms with Crippen molar-refractivity contribution in [2.45, 2.75) is 38.1 Å². The first-order chi connectivity index (χ1) is 9.13. The summed E-state index contributed by atoms with van der Waals surface area (Å²) in [6, 6.07) is 1.72. The molecule has 2 aromatic heterocycles. The van der Waals surface area contributed by atoms with Crippen LogP contribution in [0.15, 0.2) is 10.9 Å². The number of nitrogens with one attached hydrogen (secondary N) is 2. The standard InChI is InChI=1S/C12H17N5O2/c1-8-13-9(6-10-15-16-11(19)17(8)10)14-12(7-18)4-2-3-5-12/h6,14,18H,2-5,7H2,1H3,(H,16,19). The first-order valence-corrected chi connectivity index (χ1v) is 6.47. The number of aliphatic hydroxyl groups is 1. The molecule has 7 heteroatoms. The minimum absolute atomic E-state index is 0.0896. The topological polar surface area (TPSA) is 95.3 Å². The van der Waals surface area contributed by atoms with Crippen LogP contribution in [0.3, 0.4) is 0 Å². The molecule has 3 rings (SSSR count). The number of aromatic nitrogens is 4. The van der Waals surface area contributed by atoms with Crippen molar-refractivity contribution < 1.29 is 5.11 Å². The number of aromatic amines is 1. The largest absolute Gasteiger partial charge is 0.394 e. The van der Waals surface area contributed by atoms with Crippen molar-refractivity contribution in [3.05, 3.63) is 22.4 Å². The number of aryl methyl sites for hydroxylation is 1. The van der Waals surface area contributed by atoms with Crippen LogP contribution in [0.1, 0.15) is 31.5 Å². The normalized spacial score (nSPS) is 18.0. The van der Waals surface area contributed by atoms with Gasteiger partial charge in [-0.05, 0) is 19.8 Å². The summed E-state index contributed by atoms with van der Waals surface area (Å²) in [5, 5.41) is 19.3.